The summed E-state index contributed by atoms with van der Waals surface area (Å²) in [5.41, 5.74) is 1.33. The third kappa shape index (κ3) is 22.5. The number of allylic oxidation sites excluding steroid dienone is 2. The van der Waals surface area contributed by atoms with Crippen molar-refractivity contribution in [2.45, 2.75) is 53.1 Å². The van der Waals surface area contributed by atoms with Gasteiger partial charge in [0, 0.05) is 6.42 Å². The number of carbonyl (C=O) groups is 1. The maximum Gasteiger partial charge on any atom is 0.303 e. The van der Waals surface area contributed by atoms with Gasteiger partial charge < -0.3 is 10.2 Å². The molecular formula is C11H22O3. The molecule has 3 heteroatoms. The molecule has 3 nitrogen and oxygen atoms in total. The van der Waals surface area contributed by atoms with Crippen LogP contribution >= 0.6 is 0 Å². The molecule has 0 aliphatic rings. The lowest BCUT2D eigenvalue weighted by atomic mass is 10.2. The van der Waals surface area contributed by atoms with E-state index in [2.05, 4.69) is 19.9 Å². The molecule has 84 valence electrons. The van der Waals surface area contributed by atoms with Gasteiger partial charge in [-0.1, -0.05) is 18.6 Å². The normalized spacial score (nSPS) is 10.9. The molecule has 0 heterocycles. The zero-order valence-corrected chi connectivity index (χ0v) is 9.58. The van der Waals surface area contributed by atoms with Crippen LogP contribution in [-0.2, 0) is 4.79 Å². The van der Waals surface area contributed by atoms with Gasteiger partial charge in [-0.15, -0.1) is 0 Å². The minimum Gasteiger partial charge on any atom is -0.481 e. The summed E-state index contributed by atoms with van der Waals surface area (Å²) in [7, 11) is 0. The van der Waals surface area contributed by atoms with Crippen molar-refractivity contribution in [1.82, 2.24) is 0 Å². The topological polar surface area (TPSA) is 57.5 Å². The molecule has 14 heavy (non-hydrogen) atoms. The van der Waals surface area contributed by atoms with E-state index >= 15 is 0 Å². The fourth-order valence-electron chi connectivity index (χ4n) is 0.613. The average Bonchev–Trinajstić information content (AvgIpc) is 2.04. The van der Waals surface area contributed by atoms with Crippen molar-refractivity contribution in [3.63, 3.8) is 0 Å². The fourth-order valence-corrected chi connectivity index (χ4v) is 0.613. The smallest absolute Gasteiger partial charge is 0.303 e. The van der Waals surface area contributed by atoms with Gasteiger partial charge in [-0.25, -0.2) is 0 Å². The summed E-state index contributed by atoms with van der Waals surface area (Å²) in [6.07, 6.45) is 4.10. The van der Waals surface area contributed by atoms with Gasteiger partial charge >= 0.3 is 5.97 Å². The minimum atomic E-state index is -0.745. The number of carboxylic acids is 1. The Kier molecular flexibility index (Phi) is 11.4. The molecule has 0 aromatic rings. The zero-order chi connectivity index (χ0) is 11.6. The standard InChI is InChI=1S/C8H16O.C3H6O2/c1-7(2)5-4-6-8(3)9;1-2-3(4)5/h5,8-9H,4,6H2,1-3H3;2H2,1H3,(H,4,5)/t8-;/m1./s1. The number of hydrogen-bond acceptors (Lipinski definition) is 2. The highest BCUT2D eigenvalue weighted by atomic mass is 16.4. The molecule has 0 radical (unpaired) electrons. The van der Waals surface area contributed by atoms with E-state index in [-0.39, 0.29) is 12.5 Å². The van der Waals surface area contributed by atoms with Crippen molar-refractivity contribution >= 4 is 5.97 Å². The molecule has 0 bridgehead atoms. The first kappa shape index (κ1) is 15.6. The third-order valence-electron chi connectivity index (χ3n) is 1.44. The van der Waals surface area contributed by atoms with Gasteiger partial charge in [-0.3, -0.25) is 4.79 Å². The summed E-state index contributed by atoms with van der Waals surface area (Å²) in [4.78, 5) is 9.37. The van der Waals surface area contributed by atoms with Crippen LogP contribution in [0, 0.1) is 0 Å². The first-order chi connectivity index (χ1) is 6.40. The van der Waals surface area contributed by atoms with Gasteiger partial charge in [0.1, 0.15) is 0 Å². The van der Waals surface area contributed by atoms with Gasteiger partial charge in [0.15, 0.2) is 0 Å². The Balaban J connectivity index is 0. The second kappa shape index (κ2) is 10.3. The largest absolute Gasteiger partial charge is 0.481 e. The number of aliphatic hydroxyl groups is 1. The number of aliphatic hydroxyl groups excluding tert-OH is 1. The molecule has 0 aliphatic heterocycles. The number of rotatable bonds is 4. The monoisotopic (exact) mass is 202 g/mol. The fraction of sp³-hybridized carbons (Fsp3) is 0.727. The van der Waals surface area contributed by atoms with Gasteiger partial charge in [0.05, 0.1) is 6.10 Å². The molecule has 0 unspecified atom stereocenters. The van der Waals surface area contributed by atoms with Gasteiger partial charge in [0.25, 0.3) is 0 Å². The van der Waals surface area contributed by atoms with Crippen LogP contribution in [0.1, 0.15) is 47.0 Å². The molecular weight excluding hydrogens is 180 g/mol. The summed E-state index contributed by atoms with van der Waals surface area (Å²) in [6, 6.07) is 0. The van der Waals surface area contributed by atoms with E-state index in [0.29, 0.717) is 0 Å². The molecule has 2 N–H and O–H groups in total. The van der Waals surface area contributed by atoms with E-state index in [1.807, 2.05) is 6.92 Å². The molecule has 0 rings (SSSR count). The molecule has 0 spiro atoms. The average molecular weight is 202 g/mol. The van der Waals surface area contributed by atoms with E-state index in [4.69, 9.17) is 10.2 Å². The van der Waals surface area contributed by atoms with Crippen molar-refractivity contribution in [2.24, 2.45) is 0 Å². The van der Waals surface area contributed by atoms with Crippen LogP contribution in [0.15, 0.2) is 11.6 Å². The number of hydrogen-bond donors (Lipinski definition) is 2. The van der Waals surface area contributed by atoms with Crippen LogP contribution in [0.2, 0.25) is 0 Å². The van der Waals surface area contributed by atoms with Crippen molar-refractivity contribution in [3.8, 4) is 0 Å². The highest BCUT2D eigenvalue weighted by Crippen LogP contribution is 1.99. The van der Waals surface area contributed by atoms with E-state index in [1.54, 1.807) is 6.92 Å². The Morgan fingerprint density at radius 3 is 2.07 bits per heavy atom. The van der Waals surface area contributed by atoms with Crippen LogP contribution in [0.3, 0.4) is 0 Å². The van der Waals surface area contributed by atoms with Crippen LogP contribution in [0.25, 0.3) is 0 Å². The Hall–Kier alpha value is -0.830. The van der Waals surface area contributed by atoms with Crippen LogP contribution in [-0.4, -0.2) is 22.3 Å². The van der Waals surface area contributed by atoms with E-state index in [9.17, 15) is 4.79 Å². The lowest BCUT2D eigenvalue weighted by Crippen LogP contribution is -1.96. The van der Waals surface area contributed by atoms with E-state index in [0.717, 1.165) is 12.8 Å². The SMILES string of the molecule is CC(C)=CCC[C@@H](C)O.CCC(=O)O. The molecule has 1 atom stereocenters. The zero-order valence-electron chi connectivity index (χ0n) is 9.58. The quantitative estimate of drug-likeness (QED) is 0.689. The Labute approximate surface area is 86.5 Å². The molecule has 0 saturated carbocycles. The predicted octanol–water partition coefficient (Wildman–Crippen LogP) is 2.59. The van der Waals surface area contributed by atoms with Crippen molar-refractivity contribution < 1.29 is 15.0 Å². The first-order valence-corrected chi connectivity index (χ1v) is 4.93. The van der Waals surface area contributed by atoms with Crippen LogP contribution < -0.4 is 0 Å². The number of aliphatic carboxylic acids is 1. The summed E-state index contributed by atoms with van der Waals surface area (Å²) in [6.45, 7) is 7.56. The number of carboxylic acid groups (broad SMARTS) is 1. The molecule has 0 aromatic carbocycles. The Morgan fingerprint density at radius 1 is 1.43 bits per heavy atom. The highest BCUT2D eigenvalue weighted by Gasteiger charge is 1.90. The summed E-state index contributed by atoms with van der Waals surface area (Å²) in [5.74, 6) is -0.745. The van der Waals surface area contributed by atoms with E-state index < -0.39 is 5.97 Å². The molecule has 0 saturated heterocycles. The highest BCUT2D eigenvalue weighted by molar-refractivity contribution is 5.66. The first-order valence-electron chi connectivity index (χ1n) is 4.93. The van der Waals surface area contributed by atoms with Gasteiger partial charge in [-0.2, -0.15) is 0 Å². The van der Waals surface area contributed by atoms with Crippen LogP contribution in [0.5, 0.6) is 0 Å². The molecule has 0 amide bonds. The summed E-state index contributed by atoms with van der Waals surface area (Å²) in [5, 5.41) is 16.6. The lowest BCUT2D eigenvalue weighted by Gasteiger charge is -1.98. The minimum absolute atomic E-state index is 0.152. The molecule has 0 aliphatic carbocycles. The summed E-state index contributed by atoms with van der Waals surface area (Å²) < 4.78 is 0. The lowest BCUT2D eigenvalue weighted by molar-refractivity contribution is -0.136. The maximum absolute atomic E-state index is 9.37. The van der Waals surface area contributed by atoms with Crippen molar-refractivity contribution in [3.05, 3.63) is 11.6 Å². The van der Waals surface area contributed by atoms with Gasteiger partial charge in [-0.05, 0) is 33.6 Å². The van der Waals surface area contributed by atoms with Crippen molar-refractivity contribution in [1.29, 1.82) is 0 Å². The third-order valence-corrected chi connectivity index (χ3v) is 1.44. The summed E-state index contributed by atoms with van der Waals surface area (Å²) >= 11 is 0. The molecule has 0 fully saturated rings. The second-order valence-corrected chi connectivity index (χ2v) is 3.46. The van der Waals surface area contributed by atoms with Gasteiger partial charge in [0.2, 0.25) is 0 Å². The van der Waals surface area contributed by atoms with Crippen molar-refractivity contribution in [2.75, 3.05) is 0 Å². The molecule has 0 aromatic heterocycles. The maximum atomic E-state index is 9.37. The second-order valence-electron chi connectivity index (χ2n) is 3.46. The van der Waals surface area contributed by atoms with Crippen LogP contribution in [0.4, 0.5) is 0 Å². The predicted molar refractivity (Wildman–Crippen MR) is 58.3 cm³/mol. The Bertz CT molecular complexity index is 167. The van der Waals surface area contributed by atoms with E-state index in [1.165, 1.54) is 5.57 Å². The Morgan fingerprint density at radius 2 is 1.86 bits per heavy atom.